The number of carboxylic acids is 1. The third-order valence-corrected chi connectivity index (χ3v) is 4.73. The Bertz CT molecular complexity index is 734. The van der Waals surface area contributed by atoms with Gasteiger partial charge in [-0.2, -0.15) is 5.26 Å². The highest BCUT2D eigenvalue weighted by atomic mass is 16.7. The molecule has 2 N–H and O–H groups in total. The number of nitrogens with one attached hydrogen (secondary N) is 1. The fraction of sp³-hybridized carbons (Fsp3) is 0.571. The number of benzene rings is 1. The molecule has 0 saturated carbocycles. The summed E-state index contributed by atoms with van der Waals surface area (Å²) in [6.07, 6.45) is 0. The van der Waals surface area contributed by atoms with E-state index in [1.165, 1.54) is 45.6 Å². The average molecular weight is 438 g/mol. The SMILES string of the molecule is COCCOC[C@@H](NC(=O)c1ccc(C#N)cc1)C(C)[C@@](OC)(OCCOC)C(=O)O. The van der Waals surface area contributed by atoms with Crippen molar-refractivity contribution in [2.75, 3.05) is 54.4 Å². The third kappa shape index (κ3) is 7.57. The highest BCUT2D eigenvalue weighted by molar-refractivity contribution is 5.94. The summed E-state index contributed by atoms with van der Waals surface area (Å²) in [7, 11) is 4.22. The lowest BCUT2D eigenvalue weighted by Crippen LogP contribution is -2.58. The average Bonchev–Trinajstić information content (AvgIpc) is 2.78. The minimum atomic E-state index is -2.04. The van der Waals surface area contributed by atoms with Crippen molar-refractivity contribution in [1.29, 1.82) is 5.26 Å². The van der Waals surface area contributed by atoms with Crippen LogP contribution in [-0.2, 0) is 28.5 Å². The summed E-state index contributed by atoms with van der Waals surface area (Å²) >= 11 is 0. The molecular formula is C21H30N2O8. The van der Waals surface area contributed by atoms with Crippen LogP contribution in [0.3, 0.4) is 0 Å². The number of carboxylic acid groups (broad SMARTS) is 1. The van der Waals surface area contributed by atoms with Crippen LogP contribution in [-0.4, -0.2) is 83.2 Å². The van der Waals surface area contributed by atoms with E-state index >= 15 is 0 Å². The van der Waals surface area contributed by atoms with Gasteiger partial charge in [-0.15, -0.1) is 0 Å². The molecule has 10 nitrogen and oxygen atoms in total. The fourth-order valence-electron chi connectivity index (χ4n) is 2.87. The van der Waals surface area contributed by atoms with Crippen molar-refractivity contribution in [2.24, 2.45) is 5.92 Å². The first-order chi connectivity index (χ1) is 14.9. The van der Waals surface area contributed by atoms with E-state index in [9.17, 15) is 14.7 Å². The Morgan fingerprint density at radius 3 is 2.23 bits per heavy atom. The lowest BCUT2D eigenvalue weighted by atomic mass is 9.91. The van der Waals surface area contributed by atoms with E-state index in [4.69, 9.17) is 28.9 Å². The molecule has 1 aromatic rings. The number of carbonyl (C=O) groups excluding carboxylic acids is 1. The Labute approximate surface area is 182 Å². The molecule has 0 radical (unpaired) electrons. The molecule has 172 valence electrons. The normalized spacial score (nSPS) is 14.8. The van der Waals surface area contributed by atoms with Gasteiger partial charge in [-0.05, 0) is 24.3 Å². The smallest absolute Gasteiger partial charge is 0.364 e. The van der Waals surface area contributed by atoms with Gasteiger partial charge in [-0.25, -0.2) is 4.79 Å². The number of amides is 1. The molecule has 0 aliphatic heterocycles. The molecular weight excluding hydrogens is 408 g/mol. The lowest BCUT2D eigenvalue weighted by molar-refractivity contribution is -0.261. The van der Waals surface area contributed by atoms with Crippen molar-refractivity contribution < 1.29 is 38.4 Å². The van der Waals surface area contributed by atoms with Gasteiger partial charge in [-0.1, -0.05) is 6.92 Å². The number of carbonyl (C=O) groups is 2. The number of aliphatic carboxylic acids is 1. The number of methoxy groups -OCH3 is 3. The highest BCUT2D eigenvalue weighted by Gasteiger charge is 2.49. The molecule has 0 saturated heterocycles. The minimum absolute atomic E-state index is 0.00142. The monoisotopic (exact) mass is 438 g/mol. The van der Waals surface area contributed by atoms with Crippen molar-refractivity contribution in [3.05, 3.63) is 35.4 Å². The van der Waals surface area contributed by atoms with Gasteiger partial charge < -0.3 is 34.1 Å². The Morgan fingerprint density at radius 1 is 1.10 bits per heavy atom. The Kier molecular flexibility index (Phi) is 11.7. The topological polar surface area (TPSA) is 136 Å². The fourth-order valence-corrected chi connectivity index (χ4v) is 2.87. The molecule has 1 amide bonds. The third-order valence-electron chi connectivity index (χ3n) is 4.73. The van der Waals surface area contributed by atoms with E-state index in [0.29, 0.717) is 17.7 Å². The largest absolute Gasteiger partial charge is 0.477 e. The maximum atomic E-state index is 12.8. The number of nitrogens with zero attached hydrogens (tertiary/aromatic N) is 1. The van der Waals surface area contributed by atoms with Crippen LogP contribution in [0, 0.1) is 17.2 Å². The molecule has 0 aliphatic carbocycles. The summed E-state index contributed by atoms with van der Waals surface area (Å²) in [4.78, 5) is 24.9. The lowest BCUT2D eigenvalue weighted by Gasteiger charge is -2.38. The molecule has 0 aliphatic rings. The van der Waals surface area contributed by atoms with Crippen LogP contribution < -0.4 is 5.32 Å². The van der Waals surface area contributed by atoms with Gasteiger partial charge in [0.15, 0.2) is 0 Å². The van der Waals surface area contributed by atoms with E-state index in [-0.39, 0.29) is 26.4 Å². The van der Waals surface area contributed by atoms with Gasteiger partial charge in [0.05, 0.1) is 50.7 Å². The number of ether oxygens (including phenoxy) is 5. The molecule has 0 heterocycles. The van der Waals surface area contributed by atoms with Crippen molar-refractivity contribution >= 4 is 11.9 Å². The van der Waals surface area contributed by atoms with E-state index in [1.807, 2.05) is 6.07 Å². The molecule has 3 atom stereocenters. The van der Waals surface area contributed by atoms with Crippen LogP contribution in [0.15, 0.2) is 24.3 Å². The van der Waals surface area contributed by atoms with Gasteiger partial charge in [0, 0.05) is 32.8 Å². The Hall–Kier alpha value is -2.55. The summed E-state index contributed by atoms with van der Waals surface area (Å²) in [6.45, 7) is 2.32. The molecule has 0 fully saturated rings. The first-order valence-corrected chi connectivity index (χ1v) is 9.65. The van der Waals surface area contributed by atoms with Crippen molar-refractivity contribution in [1.82, 2.24) is 5.32 Å². The molecule has 0 spiro atoms. The second-order valence-corrected chi connectivity index (χ2v) is 6.64. The van der Waals surface area contributed by atoms with Crippen molar-refractivity contribution in [3.8, 4) is 6.07 Å². The van der Waals surface area contributed by atoms with Crippen molar-refractivity contribution in [2.45, 2.75) is 18.8 Å². The maximum absolute atomic E-state index is 12.8. The highest BCUT2D eigenvalue weighted by Crippen LogP contribution is 2.27. The van der Waals surface area contributed by atoms with Crippen molar-refractivity contribution in [3.63, 3.8) is 0 Å². The van der Waals surface area contributed by atoms with E-state index in [1.54, 1.807) is 6.92 Å². The summed E-state index contributed by atoms with van der Waals surface area (Å²) in [5, 5.41) is 21.6. The molecule has 1 aromatic carbocycles. The summed E-state index contributed by atoms with van der Waals surface area (Å²) < 4.78 is 26.3. The number of hydrogen-bond donors (Lipinski definition) is 2. The molecule has 0 aromatic heterocycles. The number of rotatable bonds is 15. The second kappa shape index (κ2) is 13.7. The second-order valence-electron chi connectivity index (χ2n) is 6.64. The van der Waals surface area contributed by atoms with E-state index < -0.39 is 29.6 Å². The van der Waals surface area contributed by atoms with Gasteiger partial charge in [0.25, 0.3) is 11.7 Å². The molecule has 1 rings (SSSR count). The predicted molar refractivity (Wildman–Crippen MR) is 109 cm³/mol. The molecule has 1 unspecified atom stereocenters. The maximum Gasteiger partial charge on any atom is 0.364 e. The van der Waals surface area contributed by atoms with Gasteiger partial charge in [0.2, 0.25) is 0 Å². The van der Waals surface area contributed by atoms with Crippen LogP contribution >= 0.6 is 0 Å². The minimum Gasteiger partial charge on any atom is -0.477 e. The molecule has 31 heavy (non-hydrogen) atoms. The molecule has 10 heteroatoms. The van der Waals surface area contributed by atoms with Gasteiger partial charge in [0.1, 0.15) is 0 Å². The van der Waals surface area contributed by atoms with Crippen LogP contribution in [0.25, 0.3) is 0 Å². The van der Waals surface area contributed by atoms with Crippen LogP contribution in [0.1, 0.15) is 22.8 Å². The zero-order valence-corrected chi connectivity index (χ0v) is 18.3. The van der Waals surface area contributed by atoms with Gasteiger partial charge >= 0.3 is 5.97 Å². The molecule has 0 bridgehead atoms. The standard InChI is InChI=1S/C21H30N2O8/c1-15(21(29-4,20(25)26)31-12-10-28-3)18(14-30-11-9-27-2)23-19(24)17-7-5-16(13-22)6-8-17/h5-8,15,18H,9-12,14H2,1-4H3,(H,23,24)(H,25,26)/t15?,18-,21-/m1/s1. The predicted octanol–water partition coefficient (Wildman–Crippen LogP) is 1.05. The Morgan fingerprint density at radius 2 is 1.71 bits per heavy atom. The van der Waals surface area contributed by atoms with E-state index in [0.717, 1.165) is 0 Å². The van der Waals surface area contributed by atoms with Crippen LogP contribution in [0.5, 0.6) is 0 Å². The van der Waals surface area contributed by atoms with Crippen LogP contribution in [0.4, 0.5) is 0 Å². The summed E-state index contributed by atoms with van der Waals surface area (Å²) in [6, 6.07) is 7.27. The van der Waals surface area contributed by atoms with E-state index in [2.05, 4.69) is 5.32 Å². The zero-order chi connectivity index (χ0) is 23.3. The quantitative estimate of drug-likeness (QED) is 0.304. The number of hydrogen-bond acceptors (Lipinski definition) is 8. The number of nitriles is 1. The zero-order valence-electron chi connectivity index (χ0n) is 18.3. The van der Waals surface area contributed by atoms with Crippen LogP contribution in [0.2, 0.25) is 0 Å². The first-order valence-electron chi connectivity index (χ1n) is 9.65. The Balaban J connectivity index is 3.10. The van der Waals surface area contributed by atoms with Gasteiger partial charge in [-0.3, -0.25) is 4.79 Å². The summed E-state index contributed by atoms with van der Waals surface area (Å²) in [5.41, 5.74) is 0.729. The first kappa shape index (κ1) is 26.5. The summed E-state index contributed by atoms with van der Waals surface area (Å²) in [5.74, 6) is -4.68.